The summed E-state index contributed by atoms with van der Waals surface area (Å²) >= 11 is 3.19. The topological polar surface area (TPSA) is 87.1 Å². The van der Waals surface area contributed by atoms with Crippen molar-refractivity contribution in [2.24, 2.45) is 0 Å². The molecule has 0 fully saturated rings. The number of benzene rings is 1. The smallest absolute Gasteiger partial charge is 0.307 e. The lowest BCUT2D eigenvalue weighted by molar-refractivity contribution is -0.136. The first-order valence-electron chi connectivity index (χ1n) is 3.75. The van der Waals surface area contributed by atoms with E-state index in [9.17, 15) is 4.79 Å². The van der Waals surface area contributed by atoms with Crippen LogP contribution in [0.4, 0.5) is 5.69 Å². The second-order valence-electron chi connectivity index (χ2n) is 2.67. The first-order chi connectivity index (χ1) is 6.56. The van der Waals surface area contributed by atoms with Gasteiger partial charge in [0.1, 0.15) is 6.07 Å². The van der Waals surface area contributed by atoms with E-state index in [-0.39, 0.29) is 12.1 Å². The van der Waals surface area contributed by atoms with Crippen LogP contribution in [0.1, 0.15) is 11.1 Å². The third kappa shape index (κ3) is 2.03. The lowest BCUT2D eigenvalue weighted by Gasteiger charge is -2.06. The highest BCUT2D eigenvalue weighted by Crippen LogP contribution is 2.26. The number of nitrogen functional groups attached to an aromatic ring is 1. The third-order valence-corrected chi connectivity index (χ3v) is 2.49. The summed E-state index contributed by atoms with van der Waals surface area (Å²) in [6.07, 6.45) is -0.193. The van der Waals surface area contributed by atoms with Gasteiger partial charge in [-0.1, -0.05) is 15.9 Å². The molecular weight excluding hydrogens is 248 g/mol. The number of carboxylic acid groups (broad SMARTS) is 1. The molecule has 0 saturated heterocycles. The Bertz CT molecular complexity index is 424. The Kier molecular flexibility index (Phi) is 3.10. The lowest BCUT2D eigenvalue weighted by Crippen LogP contribution is -2.06. The van der Waals surface area contributed by atoms with E-state index in [0.29, 0.717) is 15.6 Å². The van der Waals surface area contributed by atoms with Crippen LogP contribution in [0.15, 0.2) is 16.6 Å². The van der Waals surface area contributed by atoms with Crippen LogP contribution in [-0.4, -0.2) is 11.1 Å². The quantitative estimate of drug-likeness (QED) is 0.784. The highest BCUT2D eigenvalue weighted by molar-refractivity contribution is 9.10. The molecule has 1 aromatic rings. The Hall–Kier alpha value is -1.54. The molecule has 0 radical (unpaired) electrons. The van der Waals surface area contributed by atoms with Crippen LogP contribution in [0, 0.1) is 11.3 Å². The number of halogens is 1. The molecular formula is C9H7BrN2O2. The maximum absolute atomic E-state index is 10.5. The maximum Gasteiger partial charge on any atom is 0.307 e. The van der Waals surface area contributed by atoms with E-state index in [2.05, 4.69) is 15.9 Å². The summed E-state index contributed by atoms with van der Waals surface area (Å²) < 4.78 is 0.608. The summed E-state index contributed by atoms with van der Waals surface area (Å²) in [6.45, 7) is 0. The normalized spacial score (nSPS) is 9.43. The van der Waals surface area contributed by atoms with Gasteiger partial charge >= 0.3 is 5.97 Å². The van der Waals surface area contributed by atoms with Gasteiger partial charge in [0.25, 0.3) is 0 Å². The number of anilines is 1. The van der Waals surface area contributed by atoms with Gasteiger partial charge in [0.2, 0.25) is 0 Å². The molecule has 14 heavy (non-hydrogen) atoms. The molecule has 72 valence electrons. The number of hydrogen-bond donors (Lipinski definition) is 2. The minimum Gasteiger partial charge on any atom is -0.481 e. The van der Waals surface area contributed by atoms with E-state index in [1.807, 2.05) is 6.07 Å². The fraction of sp³-hybridized carbons (Fsp3) is 0.111. The van der Waals surface area contributed by atoms with Gasteiger partial charge in [-0.05, 0) is 12.1 Å². The molecule has 0 atom stereocenters. The highest BCUT2D eigenvalue weighted by Gasteiger charge is 2.11. The van der Waals surface area contributed by atoms with Crippen molar-refractivity contribution in [1.82, 2.24) is 0 Å². The lowest BCUT2D eigenvalue weighted by atomic mass is 10.1. The molecule has 0 unspecified atom stereocenters. The molecule has 0 bridgehead atoms. The number of nitrogens with zero attached hydrogens (tertiary/aromatic N) is 1. The van der Waals surface area contributed by atoms with Crippen LogP contribution in [0.5, 0.6) is 0 Å². The second-order valence-corrected chi connectivity index (χ2v) is 3.52. The fourth-order valence-electron chi connectivity index (χ4n) is 1.07. The van der Waals surface area contributed by atoms with Gasteiger partial charge in [-0.15, -0.1) is 0 Å². The maximum atomic E-state index is 10.5. The largest absolute Gasteiger partial charge is 0.481 e. The first kappa shape index (κ1) is 10.5. The molecule has 0 aliphatic carbocycles. The summed E-state index contributed by atoms with van der Waals surface area (Å²) in [6, 6.07) is 5.06. The van der Waals surface area contributed by atoms with Gasteiger partial charge in [0, 0.05) is 10.0 Å². The van der Waals surface area contributed by atoms with Crippen LogP contribution in [0.2, 0.25) is 0 Å². The van der Waals surface area contributed by atoms with Gasteiger partial charge in [-0.2, -0.15) is 5.26 Å². The van der Waals surface area contributed by atoms with Gasteiger partial charge in [-0.3, -0.25) is 4.79 Å². The van der Waals surface area contributed by atoms with E-state index in [0.717, 1.165) is 0 Å². The molecule has 0 amide bonds. The molecule has 0 aromatic heterocycles. The van der Waals surface area contributed by atoms with Gasteiger partial charge < -0.3 is 10.8 Å². The van der Waals surface area contributed by atoms with Crippen LogP contribution in [0.3, 0.4) is 0 Å². The van der Waals surface area contributed by atoms with E-state index in [4.69, 9.17) is 16.1 Å². The Morgan fingerprint density at radius 1 is 1.64 bits per heavy atom. The molecule has 1 aromatic carbocycles. The van der Waals surface area contributed by atoms with Crippen LogP contribution in [0.25, 0.3) is 0 Å². The molecule has 0 heterocycles. The third-order valence-electron chi connectivity index (χ3n) is 1.75. The summed E-state index contributed by atoms with van der Waals surface area (Å²) in [7, 11) is 0. The van der Waals surface area contributed by atoms with E-state index < -0.39 is 5.97 Å². The molecule has 3 N–H and O–H groups in total. The van der Waals surface area contributed by atoms with Crippen LogP contribution < -0.4 is 5.73 Å². The van der Waals surface area contributed by atoms with Gasteiger partial charge in [0.15, 0.2) is 0 Å². The average Bonchev–Trinajstić information content (AvgIpc) is 2.12. The molecule has 0 aliphatic rings. The number of hydrogen-bond acceptors (Lipinski definition) is 3. The SMILES string of the molecule is N#Cc1ccc(Br)c(CC(=O)O)c1N. The molecule has 5 heteroatoms. The standard InChI is InChI=1S/C9H7BrN2O2/c10-7-2-1-5(4-11)9(12)6(7)3-8(13)14/h1-2H,3,12H2,(H,13,14). The number of carboxylic acids is 1. The predicted molar refractivity (Wildman–Crippen MR) is 54.6 cm³/mol. The summed E-state index contributed by atoms with van der Waals surface area (Å²) in [5, 5.41) is 17.3. The number of carbonyl (C=O) groups is 1. The molecule has 0 spiro atoms. The van der Waals surface area contributed by atoms with Crippen molar-refractivity contribution < 1.29 is 9.90 Å². The van der Waals surface area contributed by atoms with E-state index in [1.54, 1.807) is 12.1 Å². The monoisotopic (exact) mass is 254 g/mol. The highest BCUT2D eigenvalue weighted by atomic mass is 79.9. The Morgan fingerprint density at radius 2 is 2.29 bits per heavy atom. The van der Waals surface area contributed by atoms with Crippen molar-refractivity contribution in [3.63, 3.8) is 0 Å². The van der Waals surface area contributed by atoms with Crippen molar-refractivity contribution >= 4 is 27.6 Å². The molecule has 0 aliphatic heterocycles. The number of nitriles is 1. The summed E-state index contributed by atoms with van der Waals surface area (Å²) in [4.78, 5) is 10.5. The van der Waals surface area contributed by atoms with E-state index in [1.165, 1.54) is 0 Å². The second kappa shape index (κ2) is 4.11. The van der Waals surface area contributed by atoms with Crippen molar-refractivity contribution in [3.8, 4) is 6.07 Å². The van der Waals surface area contributed by atoms with Crippen LogP contribution in [-0.2, 0) is 11.2 Å². The zero-order valence-electron chi connectivity index (χ0n) is 7.12. The predicted octanol–water partition coefficient (Wildman–Crippen LogP) is 1.53. The van der Waals surface area contributed by atoms with Crippen molar-refractivity contribution in [2.75, 3.05) is 5.73 Å². The zero-order valence-corrected chi connectivity index (χ0v) is 8.71. The minimum atomic E-state index is -0.979. The molecule has 0 saturated carbocycles. The van der Waals surface area contributed by atoms with Crippen molar-refractivity contribution in [2.45, 2.75) is 6.42 Å². The molecule has 4 nitrogen and oxygen atoms in total. The fourth-order valence-corrected chi connectivity index (χ4v) is 1.55. The van der Waals surface area contributed by atoms with Crippen LogP contribution >= 0.6 is 15.9 Å². The van der Waals surface area contributed by atoms with Gasteiger partial charge in [-0.25, -0.2) is 0 Å². The average molecular weight is 255 g/mol. The first-order valence-corrected chi connectivity index (χ1v) is 4.54. The Morgan fingerprint density at radius 3 is 2.79 bits per heavy atom. The van der Waals surface area contributed by atoms with E-state index >= 15 is 0 Å². The molecule has 1 rings (SSSR count). The summed E-state index contributed by atoms with van der Waals surface area (Å²) in [5.41, 5.74) is 6.59. The minimum absolute atomic E-state index is 0.193. The number of rotatable bonds is 2. The summed E-state index contributed by atoms with van der Waals surface area (Å²) in [5.74, 6) is -0.979. The number of nitrogens with two attached hydrogens (primary N) is 1. The zero-order chi connectivity index (χ0) is 10.7. The van der Waals surface area contributed by atoms with Crippen molar-refractivity contribution in [3.05, 3.63) is 27.7 Å². The Balaban J connectivity index is 3.27. The van der Waals surface area contributed by atoms with Gasteiger partial charge in [0.05, 0.1) is 17.7 Å². The Labute approximate surface area is 89.1 Å². The van der Waals surface area contributed by atoms with Crippen molar-refractivity contribution in [1.29, 1.82) is 5.26 Å². The number of aliphatic carboxylic acids is 1.